The van der Waals surface area contributed by atoms with Gasteiger partial charge in [-0.2, -0.15) is 0 Å². The van der Waals surface area contributed by atoms with Gasteiger partial charge in [0.25, 0.3) is 0 Å². The Labute approximate surface area is 113 Å². The summed E-state index contributed by atoms with van der Waals surface area (Å²) in [6.07, 6.45) is 9.31. The molecule has 0 aromatic heterocycles. The lowest BCUT2D eigenvalue weighted by molar-refractivity contribution is -0.129. The first kappa shape index (κ1) is 11.7. The average molecular weight is 259 g/mol. The lowest BCUT2D eigenvalue weighted by Gasteiger charge is -2.31. The summed E-state index contributed by atoms with van der Waals surface area (Å²) in [6, 6.07) is 0. The van der Waals surface area contributed by atoms with Crippen LogP contribution >= 0.6 is 0 Å². The van der Waals surface area contributed by atoms with E-state index in [0.29, 0.717) is 17.9 Å². The van der Waals surface area contributed by atoms with Crippen molar-refractivity contribution < 1.29 is 4.79 Å². The molecule has 4 aliphatic rings. The molecule has 0 bridgehead atoms. The van der Waals surface area contributed by atoms with Crippen molar-refractivity contribution in [3.63, 3.8) is 0 Å². The van der Waals surface area contributed by atoms with Gasteiger partial charge < -0.3 is 15.5 Å². The molecule has 0 spiro atoms. The van der Waals surface area contributed by atoms with E-state index in [-0.39, 0.29) is 5.91 Å². The van der Waals surface area contributed by atoms with Gasteiger partial charge in [-0.15, -0.1) is 0 Å². The maximum Gasteiger partial charge on any atom is 0.240 e. The number of fused-ring (bicyclic) bond motifs is 1. The third-order valence-electron chi connectivity index (χ3n) is 5.34. The number of piperidine rings is 1. The van der Waals surface area contributed by atoms with Gasteiger partial charge in [-0.05, 0) is 42.7 Å². The second-order valence-corrected chi connectivity index (χ2v) is 6.32. The highest BCUT2D eigenvalue weighted by Gasteiger charge is 2.60. The normalized spacial score (nSPS) is 41.2. The second kappa shape index (κ2) is 4.18. The molecule has 3 atom stereocenters. The van der Waals surface area contributed by atoms with E-state index in [9.17, 15) is 4.79 Å². The van der Waals surface area contributed by atoms with Crippen molar-refractivity contribution in [3.05, 3.63) is 23.9 Å². The van der Waals surface area contributed by atoms with Gasteiger partial charge in [0.1, 0.15) is 0 Å². The van der Waals surface area contributed by atoms with Crippen molar-refractivity contribution in [1.82, 2.24) is 15.5 Å². The van der Waals surface area contributed by atoms with E-state index >= 15 is 0 Å². The number of carbonyl (C=O) groups is 1. The number of hydrogen-bond acceptors (Lipinski definition) is 3. The standard InChI is InChI=1S/C15H21N3O/c19-14-9-16-5-6-18(14)13-3-1-11(2-4-13)15-7-12(15)8-17-10-15/h1,3-4,11-12,16-17H,2,5-10H2. The van der Waals surface area contributed by atoms with Gasteiger partial charge in [0.2, 0.25) is 5.91 Å². The highest BCUT2D eigenvalue weighted by Crippen LogP contribution is 2.61. The van der Waals surface area contributed by atoms with E-state index in [1.807, 2.05) is 4.90 Å². The van der Waals surface area contributed by atoms with Gasteiger partial charge >= 0.3 is 0 Å². The summed E-state index contributed by atoms with van der Waals surface area (Å²) >= 11 is 0. The molecule has 0 aromatic carbocycles. The molecule has 1 amide bonds. The summed E-state index contributed by atoms with van der Waals surface area (Å²) in [4.78, 5) is 13.8. The molecule has 2 saturated heterocycles. The molecular weight excluding hydrogens is 238 g/mol. The molecule has 4 heteroatoms. The molecule has 2 aliphatic heterocycles. The Morgan fingerprint density at radius 3 is 2.95 bits per heavy atom. The van der Waals surface area contributed by atoms with Crippen LogP contribution in [0.15, 0.2) is 23.9 Å². The van der Waals surface area contributed by atoms with Crippen LogP contribution in [0.2, 0.25) is 0 Å². The van der Waals surface area contributed by atoms with Crippen LogP contribution in [-0.4, -0.2) is 43.5 Å². The van der Waals surface area contributed by atoms with Gasteiger partial charge in [-0.3, -0.25) is 4.79 Å². The fraction of sp³-hybridized carbons (Fsp3) is 0.667. The molecule has 3 fully saturated rings. The van der Waals surface area contributed by atoms with Gasteiger partial charge in [0.15, 0.2) is 0 Å². The van der Waals surface area contributed by atoms with Crippen molar-refractivity contribution in [2.75, 3.05) is 32.7 Å². The van der Waals surface area contributed by atoms with Crippen molar-refractivity contribution in [2.24, 2.45) is 17.3 Å². The van der Waals surface area contributed by atoms with Crippen LogP contribution in [0, 0.1) is 17.3 Å². The Balaban J connectivity index is 1.46. The van der Waals surface area contributed by atoms with Crippen molar-refractivity contribution in [3.8, 4) is 0 Å². The van der Waals surface area contributed by atoms with Gasteiger partial charge in [-0.25, -0.2) is 0 Å². The Morgan fingerprint density at radius 2 is 2.32 bits per heavy atom. The topological polar surface area (TPSA) is 44.4 Å². The minimum atomic E-state index is 0.200. The maximum atomic E-state index is 11.9. The average Bonchev–Trinajstić information content (AvgIpc) is 3.02. The van der Waals surface area contributed by atoms with Crippen LogP contribution in [0.25, 0.3) is 0 Å². The number of allylic oxidation sites excluding steroid dienone is 3. The Morgan fingerprint density at radius 1 is 1.37 bits per heavy atom. The van der Waals surface area contributed by atoms with Gasteiger partial charge in [0.05, 0.1) is 6.54 Å². The third-order valence-corrected chi connectivity index (χ3v) is 5.34. The number of rotatable bonds is 2. The number of piperazine rings is 1. The van der Waals surface area contributed by atoms with Crippen molar-refractivity contribution in [2.45, 2.75) is 12.8 Å². The molecule has 0 aromatic rings. The van der Waals surface area contributed by atoms with Crippen LogP contribution in [0.5, 0.6) is 0 Å². The molecule has 102 valence electrons. The monoisotopic (exact) mass is 259 g/mol. The molecule has 1 saturated carbocycles. The number of hydrogen-bond donors (Lipinski definition) is 2. The molecule has 0 radical (unpaired) electrons. The molecule has 2 heterocycles. The smallest absolute Gasteiger partial charge is 0.240 e. The molecule has 19 heavy (non-hydrogen) atoms. The minimum absolute atomic E-state index is 0.200. The SMILES string of the molecule is O=C1CNCCN1C1=CCC(C23CNCC2C3)C=C1. The van der Waals surface area contributed by atoms with Crippen LogP contribution in [-0.2, 0) is 4.79 Å². The first-order valence-electron chi connectivity index (χ1n) is 7.40. The summed E-state index contributed by atoms with van der Waals surface area (Å²) < 4.78 is 0. The predicted molar refractivity (Wildman–Crippen MR) is 73.3 cm³/mol. The largest absolute Gasteiger partial charge is 0.316 e. The maximum absolute atomic E-state index is 11.9. The predicted octanol–water partition coefficient (Wildman–Crippen LogP) is 0.488. The molecule has 2 aliphatic carbocycles. The van der Waals surface area contributed by atoms with Crippen LogP contribution in [0.1, 0.15) is 12.8 Å². The highest BCUT2D eigenvalue weighted by molar-refractivity contribution is 5.81. The summed E-state index contributed by atoms with van der Waals surface area (Å²) in [6.45, 7) is 4.56. The quantitative estimate of drug-likeness (QED) is 0.758. The first-order valence-corrected chi connectivity index (χ1v) is 7.40. The van der Waals surface area contributed by atoms with Crippen molar-refractivity contribution >= 4 is 5.91 Å². The first-order chi connectivity index (χ1) is 9.29. The summed E-state index contributed by atoms with van der Waals surface area (Å²) in [5.41, 5.74) is 1.66. The van der Waals surface area contributed by atoms with Gasteiger partial charge in [-0.1, -0.05) is 12.2 Å². The van der Waals surface area contributed by atoms with E-state index in [4.69, 9.17) is 0 Å². The van der Waals surface area contributed by atoms with E-state index in [2.05, 4.69) is 28.9 Å². The summed E-state index contributed by atoms with van der Waals surface area (Å²) in [5, 5.41) is 6.63. The van der Waals surface area contributed by atoms with Crippen molar-refractivity contribution in [1.29, 1.82) is 0 Å². The Kier molecular flexibility index (Phi) is 2.57. The summed E-state index contributed by atoms with van der Waals surface area (Å²) in [5.74, 6) is 1.78. The molecule has 4 rings (SSSR count). The zero-order valence-corrected chi connectivity index (χ0v) is 11.2. The van der Waals surface area contributed by atoms with Crippen LogP contribution in [0.3, 0.4) is 0 Å². The molecule has 3 unspecified atom stereocenters. The van der Waals surface area contributed by atoms with Crippen LogP contribution in [0.4, 0.5) is 0 Å². The fourth-order valence-corrected chi connectivity index (χ4v) is 4.07. The highest BCUT2D eigenvalue weighted by atomic mass is 16.2. The van der Waals surface area contributed by atoms with E-state index in [1.165, 1.54) is 19.5 Å². The molecular formula is C15H21N3O. The summed E-state index contributed by atoms with van der Waals surface area (Å²) in [7, 11) is 0. The van der Waals surface area contributed by atoms with Gasteiger partial charge in [0, 0.05) is 25.3 Å². The lowest BCUT2D eigenvalue weighted by atomic mass is 9.82. The van der Waals surface area contributed by atoms with E-state index in [0.717, 1.165) is 31.1 Å². The van der Waals surface area contributed by atoms with Crippen LogP contribution < -0.4 is 10.6 Å². The Hall–Kier alpha value is -1.13. The lowest BCUT2D eigenvalue weighted by Crippen LogP contribution is -2.47. The number of carbonyl (C=O) groups excluding carboxylic acids is 1. The molecule has 4 nitrogen and oxygen atoms in total. The second-order valence-electron chi connectivity index (χ2n) is 6.32. The van der Waals surface area contributed by atoms with E-state index in [1.54, 1.807) is 0 Å². The molecule has 2 N–H and O–H groups in total. The zero-order chi connectivity index (χ0) is 12.9. The minimum Gasteiger partial charge on any atom is -0.316 e. The number of nitrogens with zero attached hydrogens (tertiary/aromatic N) is 1. The van der Waals surface area contributed by atoms with E-state index < -0.39 is 0 Å². The zero-order valence-electron chi connectivity index (χ0n) is 11.2. The Bertz CT molecular complexity index is 470. The number of nitrogens with one attached hydrogen (secondary N) is 2. The third kappa shape index (κ3) is 1.77. The fourth-order valence-electron chi connectivity index (χ4n) is 4.07. The number of amides is 1.